The lowest BCUT2D eigenvalue weighted by atomic mass is 10.3. The minimum absolute atomic E-state index is 0. The molecule has 1 rings (SSSR count). The van der Waals surface area contributed by atoms with Crippen LogP contribution in [-0.2, 0) is 6.42 Å². The molecule has 0 radical (unpaired) electrons. The minimum Gasteiger partial charge on any atom is -0.412 e. The first-order valence-corrected chi connectivity index (χ1v) is 3.14. The molecule has 0 aliphatic heterocycles. The van der Waals surface area contributed by atoms with E-state index in [1.54, 1.807) is 0 Å². The second-order valence-corrected chi connectivity index (χ2v) is 1.92. The van der Waals surface area contributed by atoms with Gasteiger partial charge in [0.05, 0.1) is 0 Å². The van der Waals surface area contributed by atoms with Crippen LogP contribution < -0.4 is 0 Å². The van der Waals surface area contributed by atoms with E-state index < -0.39 is 0 Å². The number of hydrogen-bond acceptors (Lipinski definition) is 4. The summed E-state index contributed by atoms with van der Waals surface area (Å²) in [6.45, 7) is 2.01. The Kier molecular flexibility index (Phi) is 4.05. The monoisotopic (exact) mass is 158 g/mol. The van der Waals surface area contributed by atoms with E-state index in [1.165, 1.54) is 0 Å². The van der Waals surface area contributed by atoms with Gasteiger partial charge < -0.3 is 10.00 Å². The van der Waals surface area contributed by atoms with Gasteiger partial charge in [0.1, 0.15) is 0 Å². The zero-order chi connectivity index (χ0) is 7.40. The van der Waals surface area contributed by atoms with E-state index in [4.69, 9.17) is 0 Å². The smallest absolute Gasteiger partial charge is 0.290 e. The highest BCUT2D eigenvalue weighted by molar-refractivity contribution is 5.66. The van der Waals surface area contributed by atoms with Crippen LogP contribution in [-0.4, -0.2) is 21.9 Å². The van der Waals surface area contributed by atoms with E-state index in [1.807, 2.05) is 6.92 Å². The Balaban J connectivity index is 0.000001000. The zero-order valence-electron chi connectivity index (χ0n) is 6.20. The maximum absolute atomic E-state index is 10.0. The average Bonchev–Trinajstić information content (AvgIpc) is 2.37. The molecule has 0 spiro atoms. The Morgan fingerprint density at radius 3 is 2.82 bits per heavy atom. The maximum atomic E-state index is 10.0. The Bertz CT molecular complexity index is 221. The SMILES string of the molecule is CCCc1noc(C=O)n1.O. The first-order valence-electron chi connectivity index (χ1n) is 3.14. The minimum atomic E-state index is 0. The third-order valence-electron chi connectivity index (χ3n) is 1.06. The van der Waals surface area contributed by atoms with Gasteiger partial charge in [-0.3, -0.25) is 4.79 Å². The van der Waals surface area contributed by atoms with Crippen LogP contribution in [0.15, 0.2) is 4.52 Å². The lowest BCUT2D eigenvalue weighted by Crippen LogP contribution is -1.85. The van der Waals surface area contributed by atoms with Gasteiger partial charge in [0.15, 0.2) is 5.82 Å². The Morgan fingerprint density at radius 2 is 2.36 bits per heavy atom. The molecule has 1 heterocycles. The standard InChI is InChI=1S/C6H8N2O2.H2O/c1-2-3-5-7-6(4-9)10-8-5;/h4H,2-3H2,1H3;1H2. The Morgan fingerprint density at radius 1 is 1.64 bits per heavy atom. The summed E-state index contributed by atoms with van der Waals surface area (Å²) < 4.78 is 4.54. The van der Waals surface area contributed by atoms with Gasteiger partial charge in [-0.1, -0.05) is 12.1 Å². The van der Waals surface area contributed by atoms with Gasteiger partial charge in [-0.2, -0.15) is 4.98 Å². The van der Waals surface area contributed by atoms with Crippen LogP contribution in [0.1, 0.15) is 29.9 Å². The van der Waals surface area contributed by atoms with Crippen molar-refractivity contribution in [3.8, 4) is 0 Å². The van der Waals surface area contributed by atoms with Crippen LogP contribution in [0.3, 0.4) is 0 Å². The lowest BCUT2D eigenvalue weighted by molar-refractivity contribution is 0.108. The highest BCUT2D eigenvalue weighted by Gasteiger charge is 2.01. The van der Waals surface area contributed by atoms with Gasteiger partial charge in [0, 0.05) is 6.42 Å². The molecule has 0 saturated heterocycles. The normalized spacial score (nSPS) is 8.82. The van der Waals surface area contributed by atoms with E-state index in [-0.39, 0.29) is 11.4 Å². The molecule has 11 heavy (non-hydrogen) atoms. The molecule has 0 saturated carbocycles. The molecule has 0 aromatic carbocycles. The molecule has 0 atom stereocenters. The summed E-state index contributed by atoms with van der Waals surface area (Å²) in [4.78, 5) is 13.8. The molecular formula is C6H10N2O3. The van der Waals surface area contributed by atoms with E-state index in [2.05, 4.69) is 14.7 Å². The molecule has 1 aromatic rings. The van der Waals surface area contributed by atoms with Crippen molar-refractivity contribution in [1.82, 2.24) is 10.1 Å². The fourth-order valence-electron chi connectivity index (χ4n) is 0.640. The molecular weight excluding hydrogens is 148 g/mol. The zero-order valence-corrected chi connectivity index (χ0v) is 6.20. The topological polar surface area (TPSA) is 87.5 Å². The van der Waals surface area contributed by atoms with Gasteiger partial charge in [-0.05, 0) is 6.42 Å². The number of nitrogens with zero attached hydrogens (tertiary/aromatic N) is 2. The van der Waals surface area contributed by atoms with E-state index in [0.717, 1.165) is 12.8 Å². The van der Waals surface area contributed by atoms with Crippen LogP contribution in [0.25, 0.3) is 0 Å². The van der Waals surface area contributed by atoms with Crippen molar-refractivity contribution in [1.29, 1.82) is 0 Å². The van der Waals surface area contributed by atoms with Gasteiger partial charge in [0.25, 0.3) is 5.89 Å². The summed E-state index contributed by atoms with van der Waals surface area (Å²) in [6, 6.07) is 0. The third kappa shape index (κ3) is 2.46. The number of aromatic nitrogens is 2. The first-order chi connectivity index (χ1) is 4.86. The summed E-state index contributed by atoms with van der Waals surface area (Å²) in [6.07, 6.45) is 2.27. The molecule has 0 amide bonds. The van der Waals surface area contributed by atoms with Crippen molar-refractivity contribution in [3.63, 3.8) is 0 Å². The van der Waals surface area contributed by atoms with Gasteiger partial charge in [-0.25, -0.2) is 0 Å². The highest BCUT2D eigenvalue weighted by Crippen LogP contribution is 1.96. The van der Waals surface area contributed by atoms with Crippen LogP contribution in [0.2, 0.25) is 0 Å². The Labute approximate surface area is 63.7 Å². The fraction of sp³-hybridized carbons (Fsp3) is 0.500. The first kappa shape index (κ1) is 9.77. The molecule has 2 N–H and O–H groups in total. The lowest BCUT2D eigenvalue weighted by Gasteiger charge is -1.81. The van der Waals surface area contributed by atoms with Gasteiger partial charge in [-0.15, -0.1) is 0 Å². The van der Waals surface area contributed by atoms with Gasteiger partial charge in [0.2, 0.25) is 6.29 Å². The summed E-state index contributed by atoms with van der Waals surface area (Å²) in [5.41, 5.74) is 0. The predicted octanol–water partition coefficient (Wildman–Crippen LogP) is 0.00990. The van der Waals surface area contributed by atoms with Crippen LogP contribution >= 0.6 is 0 Å². The molecule has 0 fully saturated rings. The molecule has 0 unspecified atom stereocenters. The highest BCUT2D eigenvalue weighted by atomic mass is 16.5. The van der Waals surface area contributed by atoms with Crippen molar-refractivity contribution in [3.05, 3.63) is 11.7 Å². The summed E-state index contributed by atoms with van der Waals surface area (Å²) in [5, 5.41) is 3.56. The number of aryl methyl sites for hydroxylation is 1. The molecule has 5 heteroatoms. The number of rotatable bonds is 3. The summed E-state index contributed by atoms with van der Waals surface area (Å²) in [7, 11) is 0. The fourth-order valence-corrected chi connectivity index (χ4v) is 0.640. The van der Waals surface area contributed by atoms with E-state index in [9.17, 15) is 4.79 Å². The number of aldehydes is 1. The third-order valence-corrected chi connectivity index (χ3v) is 1.06. The molecule has 5 nitrogen and oxygen atoms in total. The summed E-state index contributed by atoms with van der Waals surface area (Å²) >= 11 is 0. The number of carbonyl (C=O) groups is 1. The van der Waals surface area contributed by atoms with E-state index >= 15 is 0 Å². The molecule has 0 aliphatic rings. The van der Waals surface area contributed by atoms with Crippen molar-refractivity contribution in [2.24, 2.45) is 0 Å². The summed E-state index contributed by atoms with van der Waals surface area (Å²) in [5.74, 6) is 0.660. The number of hydrogen-bond donors (Lipinski definition) is 0. The largest absolute Gasteiger partial charge is 0.412 e. The van der Waals surface area contributed by atoms with Crippen molar-refractivity contribution >= 4 is 6.29 Å². The van der Waals surface area contributed by atoms with Crippen LogP contribution in [0.4, 0.5) is 0 Å². The average molecular weight is 158 g/mol. The van der Waals surface area contributed by atoms with Crippen LogP contribution in [0.5, 0.6) is 0 Å². The maximum Gasteiger partial charge on any atom is 0.290 e. The predicted molar refractivity (Wildman–Crippen MR) is 37.3 cm³/mol. The Hall–Kier alpha value is -1.23. The number of carbonyl (C=O) groups excluding carboxylic acids is 1. The molecule has 1 aromatic heterocycles. The van der Waals surface area contributed by atoms with Crippen molar-refractivity contribution in [2.75, 3.05) is 0 Å². The van der Waals surface area contributed by atoms with Crippen LogP contribution in [0, 0.1) is 0 Å². The molecule has 0 bridgehead atoms. The molecule has 0 aliphatic carbocycles. The molecule has 62 valence electrons. The quantitative estimate of drug-likeness (QED) is 0.579. The van der Waals surface area contributed by atoms with Gasteiger partial charge >= 0.3 is 0 Å². The van der Waals surface area contributed by atoms with Crippen molar-refractivity contribution in [2.45, 2.75) is 19.8 Å². The second kappa shape index (κ2) is 4.56. The second-order valence-electron chi connectivity index (χ2n) is 1.92. The van der Waals surface area contributed by atoms with E-state index in [0.29, 0.717) is 12.1 Å². The van der Waals surface area contributed by atoms with Crippen molar-refractivity contribution < 1.29 is 14.8 Å².